The van der Waals surface area contributed by atoms with E-state index in [0.29, 0.717) is 19.8 Å². The van der Waals surface area contributed by atoms with Gasteiger partial charge in [-0.05, 0) is 47.0 Å². The number of hydrogen-bond donors (Lipinski definition) is 0. The Labute approximate surface area is 155 Å². The van der Waals surface area contributed by atoms with Crippen molar-refractivity contribution in [2.75, 3.05) is 19.8 Å². The van der Waals surface area contributed by atoms with Gasteiger partial charge in [0.2, 0.25) is 0 Å². The average molecular weight is 375 g/mol. The summed E-state index contributed by atoms with van der Waals surface area (Å²) in [4.78, 5) is 11.1. The van der Waals surface area contributed by atoms with Gasteiger partial charge in [0.1, 0.15) is 0 Å². The lowest BCUT2D eigenvalue weighted by molar-refractivity contribution is -0.142. The highest BCUT2D eigenvalue weighted by Crippen LogP contribution is 2.21. The molecule has 0 N–H and O–H groups in total. The molecule has 0 bridgehead atoms. The Morgan fingerprint density at radius 2 is 1.40 bits per heavy atom. The zero-order chi connectivity index (χ0) is 19.0. The molecule has 0 fully saturated rings. The molecule has 1 atom stereocenters. The number of unbranched alkanes of at least 4 members (excludes halogenated alkanes) is 5. The van der Waals surface area contributed by atoms with Gasteiger partial charge in [0.15, 0.2) is 0 Å². The van der Waals surface area contributed by atoms with E-state index in [-0.39, 0.29) is 12.1 Å². The Balaban J connectivity index is 3.81. The van der Waals surface area contributed by atoms with Crippen LogP contribution in [0.4, 0.5) is 0 Å². The number of ether oxygens (including phenoxy) is 1. The third kappa shape index (κ3) is 12.3. The van der Waals surface area contributed by atoms with Crippen molar-refractivity contribution in [1.82, 2.24) is 0 Å². The topological polar surface area (TPSA) is 54.0 Å². The molecule has 0 spiro atoms. The molecule has 0 rings (SSSR count). The second kappa shape index (κ2) is 15.6. The number of rotatable bonds is 17. The van der Waals surface area contributed by atoms with Crippen molar-refractivity contribution in [2.24, 2.45) is 0 Å². The van der Waals surface area contributed by atoms with Crippen LogP contribution in [0.25, 0.3) is 0 Å². The van der Waals surface area contributed by atoms with Crippen molar-refractivity contribution >= 4 is 14.8 Å². The number of carbonyl (C=O) groups is 1. The van der Waals surface area contributed by atoms with Crippen LogP contribution in [0.15, 0.2) is 12.7 Å². The normalized spacial score (nSPS) is 12.8. The molecular formula is C19H38O5Si. The summed E-state index contributed by atoms with van der Waals surface area (Å²) in [5.41, 5.74) is 0. The molecule has 148 valence electrons. The Morgan fingerprint density at radius 3 is 1.88 bits per heavy atom. The van der Waals surface area contributed by atoms with E-state index < -0.39 is 8.80 Å². The van der Waals surface area contributed by atoms with Crippen LogP contribution >= 0.6 is 0 Å². The summed E-state index contributed by atoms with van der Waals surface area (Å²) in [5, 5.41) is 0. The van der Waals surface area contributed by atoms with Crippen LogP contribution in [0.5, 0.6) is 0 Å². The van der Waals surface area contributed by atoms with Crippen molar-refractivity contribution in [1.29, 1.82) is 0 Å². The minimum Gasteiger partial charge on any atom is -0.460 e. The Hall–Kier alpha value is -0.693. The SMILES string of the molecule is C=CC(=O)OC(C)CCCCCCCC[Si](OCC)(OCC)OCC. The smallest absolute Gasteiger partial charge is 0.460 e. The van der Waals surface area contributed by atoms with E-state index in [1.807, 2.05) is 27.7 Å². The number of esters is 1. The van der Waals surface area contributed by atoms with Crippen LogP contribution in [0, 0.1) is 0 Å². The van der Waals surface area contributed by atoms with E-state index in [0.717, 1.165) is 25.3 Å². The van der Waals surface area contributed by atoms with Crippen LogP contribution < -0.4 is 0 Å². The minimum atomic E-state index is -2.46. The fourth-order valence-electron chi connectivity index (χ4n) is 2.79. The van der Waals surface area contributed by atoms with Gasteiger partial charge in [-0.2, -0.15) is 0 Å². The first-order chi connectivity index (χ1) is 12.0. The van der Waals surface area contributed by atoms with Gasteiger partial charge in [-0.25, -0.2) is 4.79 Å². The molecule has 0 aliphatic carbocycles. The maximum Gasteiger partial charge on any atom is 0.500 e. The summed E-state index contributed by atoms with van der Waals surface area (Å²) in [5.74, 6) is -0.335. The van der Waals surface area contributed by atoms with Crippen LogP contribution in [0.3, 0.4) is 0 Å². The monoisotopic (exact) mass is 374 g/mol. The third-order valence-electron chi connectivity index (χ3n) is 3.92. The zero-order valence-corrected chi connectivity index (χ0v) is 17.7. The summed E-state index contributed by atoms with van der Waals surface area (Å²) in [6, 6.07) is 0.900. The fourth-order valence-corrected chi connectivity index (χ4v) is 5.47. The molecule has 0 aromatic rings. The molecule has 0 radical (unpaired) electrons. The average Bonchev–Trinajstić information content (AvgIpc) is 2.57. The molecule has 0 aromatic heterocycles. The molecular weight excluding hydrogens is 336 g/mol. The van der Waals surface area contributed by atoms with E-state index in [2.05, 4.69) is 6.58 Å². The van der Waals surface area contributed by atoms with E-state index in [9.17, 15) is 4.79 Å². The Kier molecular flexibility index (Phi) is 15.1. The summed E-state index contributed by atoms with van der Waals surface area (Å²) < 4.78 is 22.8. The van der Waals surface area contributed by atoms with Crippen LogP contribution in [0.2, 0.25) is 6.04 Å². The predicted octanol–water partition coefficient (Wildman–Crippen LogP) is 4.88. The Bertz CT molecular complexity index is 332. The number of carbonyl (C=O) groups excluding carboxylic acids is 1. The lowest BCUT2D eigenvalue weighted by Gasteiger charge is -2.28. The highest BCUT2D eigenvalue weighted by molar-refractivity contribution is 6.60. The van der Waals surface area contributed by atoms with Gasteiger partial charge in [0, 0.05) is 31.9 Å². The third-order valence-corrected chi connectivity index (χ3v) is 7.07. The summed E-state index contributed by atoms with van der Waals surface area (Å²) in [6.07, 6.45) is 9.01. The van der Waals surface area contributed by atoms with Crippen LogP contribution in [-0.4, -0.2) is 40.7 Å². The van der Waals surface area contributed by atoms with E-state index in [1.54, 1.807) is 0 Å². The second-order valence-electron chi connectivity index (χ2n) is 6.09. The van der Waals surface area contributed by atoms with Gasteiger partial charge in [-0.1, -0.05) is 32.3 Å². The first kappa shape index (κ1) is 24.3. The molecule has 0 aliphatic heterocycles. The van der Waals surface area contributed by atoms with Gasteiger partial charge in [-0.3, -0.25) is 0 Å². The summed E-state index contributed by atoms with van der Waals surface area (Å²) >= 11 is 0. The van der Waals surface area contributed by atoms with E-state index in [1.165, 1.54) is 31.8 Å². The van der Waals surface area contributed by atoms with Gasteiger partial charge < -0.3 is 18.0 Å². The van der Waals surface area contributed by atoms with Crippen molar-refractivity contribution in [2.45, 2.75) is 84.8 Å². The van der Waals surface area contributed by atoms with E-state index >= 15 is 0 Å². The van der Waals surface area contributed by atoms with E-state index in [4.69, 9.17) is 18.0 Å². The molecule has 1 unspecified atom stereocenters. The van der Waals surface area contributed by atoms with Crippen molar-refractivity contribution in [3.8, 4) is 0 Å². The molecule has 0 saturated heterocycles. The second-order valence-corrected chi connectivity index (χ2v) is 8.83. The molecule has 0 aliphatic rings. The highest BCUT2D eigenvalue weighted by atomic mass is 28.4. The minimum absolute atomic E-state index is 0.0271. The highest BCUT2D eigenvalue weighted by Gasteiger charge is 2.39. The quantitative estimate of drug-likeness (QED) is 0.157. The van der Waals surface area contributed by atoms with Crippen molar-refractivity contribution in [3.05, 3.63) is 12.7 Å². The standard InChI is InChI=1S/C19H38O5Si/c1-6-19(20)24-18(5)16-14-12-10-11-13-15-17-25(21-7-2,22-8-3)23-9-4/h6,18H,1,7-17H2,2-5H3. The largest absolute Gasteiger partial charge is 0.500 e. The molecule has 5 nitrogen and oxygen atoms in total. The molecule has 0 amide bonds. The first-order valence-electron chi connectivity index (χ1n) is 9.78. The maximum atomic E-state index is 11.1. The molecule has 6 heteroatoms. The van der Waals surface area contributed by atoms with Crippen LogP contribution in [-0.2, 0) is 22.8 Å². The maximum absolute atomic E-state index is 11.1. The summed E-state index contributed by atoms with van der Waals surface area (Å²) in [7, 11) is -2.46. The van der Waals surface area contributed by atoms with Crippen molar-refractivity contribution < 1.29 is 22.8 Å². The van der Waals surface area contributed by atoms with Gasteiger partial charge in [0.05, 0.1) is 6.10 Å². The predicted molar refractivity (Wildman–Crippen MR) is 104 cm³/mol. The molecule has 0 saturated carbocycles. The first-order valence-corrected chi connectivity index (χ1v) is 11.7. The Morgan fingerprint density at radius 1 is 0.920 bits per heavy atom. The van der Waals surface area contributed by atoms with Crippen molar-refractivity contribution in [3.63, 3.8) is 0 Å². The molecule has 0 aromatic carbocycles. The summed E-state index contributed by atoms with van der Waals surface area (Å²) in [6.45, 7) is 13.2. The van der Waals surface area contributed by atoms with Gasteiger partial charge in [0.25, 0.3) is 0 Å². The fraction of sp³-hybridized carbons (Fsp3) is 0.842. The molecule has 0 heterocycles. The zero-order valence-electron chi connectivity index (χ0n) is 16.7. The van der Waals surface area contributed by atoms with Crippen LogP contribution in [0.1, 0.15) is 72.6 Å². The lowest BCUT2D eigenvalue weighted by Crippen LogP contribution is -2.45. The number of hydrogen-bond acceptors (Lipinski definition) is 5. The van der Waals surface area contributed by atoms with Gasteiger partial charge in [-0.15, -0.1) is 0 Å². The molecule has 25 heavy (non-hydrogen) atoms. The van der Waals surface area contributed by atoms with Gasteiger partial charge >= 0.3 is 14.8 Å². The lowest BCUT2D eigenvalue weighted by atomic mass is 10.1.